The number of nitriles is 1. The number of methoxy groups -OCH3 is 1. The van der Waals surface area contributed by atoms with Crippen LogP contribution in [0.5, 0.6) is 0 Å². The highest BCUT2D eigenvalue weighted by atomic mass is 32.2. The van der Waals surface area contributed by atoms with E-state index in [0.717, 1.165) is 11.1 Å². The summed E-state index contributed by atoms with van der Waals surface area (Å²) in [4.78, 5) is 11.2. The molecule has 1 atom stereocenters. The molecular weight excluding hydrogens is 274 g/mol. The molecule has 2 aromatic heterocycles. The number of esters is 1. The molecule has 2 rings (SSSR count). The minimum atomic E-state index is -0.632. The van der Waals surface area contributed by atoms with Crippen LogP contribution in [0.25, 0.3) is 5.52 Å². The van der Waals surface area contributed by atoms with E-state index >= 15 is 0 Å². The van der Waals surface area contributed by atoms with Crippen molar-refractivity contribution < 1.29 is 9.53 Å². The van der Waals surface area contributed by atoms with Crippen LogP contribution >= 0.6 is 11.8 Å². The number of rotatable bonds is 5. The molecule has 0 fully saturated rings. The van der Waals surface area contributed by atoms with Gasteiger partial charge in [0.2, 0.25) is 0 Å². The molecule has 2 N–H and O–H groups in total. The van der Waals surface area contributed by atoms with Crippen molar-refractivity contribution in [2.24, 2.45) is 5.73 Å². The Morgan fingerprint density at radius 1 is 1.60 bits per heavy atom. The summed E-state index contributed by atoms with van der Waals surface area (Å²) in [5.41, 5.74) is 8.18. The molecule has 0 saturated carbocycles. The van der Waals surface area contributed by atoms with Crippen molar-refractivity contribution in [3.8, 4) is 6.07 Å². The number of carbonyl (C=O) groups is 1. The second-order valence-corrected chi connectivity index (χ2v) is 5.31. The first kappa shape index (κ1) is 14.4. The van der Waals surface area contributed by atoms with Gasteiger partial charge in [-0.1, -0.05) is 6.07 Å². The standard InChI is InChI=1S/C14H15N3O2S/c1-19-14(18)12(16)9-20-8-10-7-17-5-3-2-4-13(17)11(10)6-15/h2-5,7,12H,8-9,16H2,1H3. The first-order chi connectivity index (χ1) is 9.67. The van der Waals surface area contributed by atoms with Crippen LogP contribution in [0.15, 0.2) is 30.6 Å². The number of pyridine rings is 1. The van der Waals surface area contributed by atoms with Gasteiger partial charge in [-0.2, -0.15) is 17.0 Å². The van der Waals surface area contributed by atoms with E-state index in [4.69, 9.17) is 5.73 Å². The van der Waals surface area contributed by atoms with Gasteiger partial charge in [-0.05, 0) is 17.7 Å². The highest BCUT2D eigenvalue weighted by molar-refractivity contribution is 7.98. The summed E-state index contributed by atoms with van der Waals surface area (Å²) in [6, 6.07) is 7.33. The van der Waals surface area contributed by atoms with Gasteiger partial charge in [-0.25, -0.2) is 0 Å². The molecule has 0 aliphatic carbocycles. The number of thioether (sulfide) groups is 1. The maximum absolute atomic E-state index is 11.2. The van der Waals surface area contributed by atoms with Crippen LogP contribution < -0.4 is 5.73 Å². The molecule has 0 radical (unpaired) electrons. The van der Waals surface area contributed by atoms with E-state index in [1.165, 1.54) is 18.9 Å². The maximum Gasteiger partial charge on any atom is 0.323 e. The van der Waals surface area contributed by atoms with Gasteiger partial charge in [0.15, 0.2) is 0 Å². The van der Waals surface area contributed by atoms with Crippen molar-refractivity contribution in [3.63, 3.8) is 0 Å². The van der Waals surface area contributed by atoms with E-state index in [-0.39, 0.29) is 0 Å². The van der Waals surface area contributed by atoms with Crippen LogP contribution in [0.3, 0.4) is 0 Å². The predicted molar refractivity (Wildman–Crippen MR) is 78.3 cm³/mol. The van der Waals surface area contributed by atoms with Crippen molar-refractivity contribution in [2.75, 3.05) is 12.9 Å². The fraction of sp³-hybridized carbons (Fsp3) is 0.286. The summed E-state index contributed by atoms with van der Waals surface area (Å²) in [5.74, 6) is 0.680. The number of fused-ring (bicyclic) bond motifs is 1. The second-order valence-electron chi connectivity index (χ2n) is 4.28. The Kier molecular flexibility index (Phi) is 4.66. The minimum Gasteiger partial charge on any atom is -0.468 e. The largest absolute Gasteiger partial charge is 0.468 e. The van der Waals surface area contributed by atoms with Crippen molar-refractivity contribution in [3.05, 3.63) is 41.7 Å². The van der Waals surface area contributed by atoms with Crippen molar-refractivity contribution in [2.45, 2.75) is 11.8 Å². The number of nitrogens with zero attached hydrogens (tertiary/aromatic N) is 2. The zero-order chi connectivity index (χ0) is 14.5. The number of ether oxygens (including phenoxy) is 1. The summed E-state index contributed by atoms with van der Waals surface area (Å²) in [5, 5.41) is 9.27. The van der Waals surface area contributed by atoms with E-state index in [1.54, 1.807) is 0 Å². The zero-order valence-electron chi connectivity index (χ0n) is 11.1. The zero-order valence-corrected chi connectivity index (χ0v) is 11.9. The van der Waals surface area contributed by atoms with E-state index in [1.807, 2.05) is 35.0 Å². The fourth-order valence-corrected chi connectivity index (χ4v) is 2.88. The summed E-state index contributed by atoms with van der Waals surface area (Å²) < 4.78 is 6.50. The van der Waals surface area contributed by atoms with Gasteiger partial charge in [0.25, 0.3) is 0 Å². The number of hydrogen-bond acceptors (Lipinski definition) is 5. The van der Waals surface area contributed by atoms with Gasteiger partial charge in [0.05, 0.1) is 18.2 Å². The molecule has 2 heterocycles. The lowest BCUT2D eigenvalue weighted by atomic mass is 10.2. The van der Waals surface area contributed by atoms with Gasteiger partial charge >= 0.3 is 5.97 Å². The maximum atomic E-state index is 11.2. The summed E-state index contributed by atoms with van der Waals surface area (Å²) >= 11 is 1.51. The average molecular weight is 289 g/mol. The van der Waals surface area contributed by atoms with Crippen LogP contribution in [0, 0.1) is 11.3 Å². The molecule has 5 nitrogen and oxygen atoms in total. The molecule has 2 aromatic rings. The quantitative estimate of drug-likeness (QED) is 0.845. The van der Waals surface area contributed by atoms with E-state index < -0.39 is 12.0 Å². The topological polar surface area (TPSA) is 80.5 Å². The first-order valence-electron chi connectivity index (χ1n) is 6.07. The van der Waals surface area contributed by atoms with E-state index in [9.17, 15) is 10.1 Å². The highest BCUT2D eigenvalue weighted by Gasteiger charge is 2.15. The summed E-state index contributed by atoms with van der Waals surface area (Å²) in [6.07, 6.45) is 3.84. The smallest absolute Gasteiger partial charge is 0.323 e. The van der Waals surface area contributed by atoms with Gasteiger partial charge in [-0.15, -0.1) is 0 Å². The predicted octanol–water partition coefficient (Wildman–Crippen LogP) is 1.54. The van der Waals surface area contributed by atoms with Crippen LogP contribution in [0.2, 0.25) is 0 Å². The molecule has 0 saturated heterocycles. The molecule has 6 heteroatoms. The van der Waals surface area contributed by atoms with Crippen LogP contribution in [0.1, 0.15) is 11.1 Å². The fourth-order valence-electron chi connectivity index (χ4n) is 1.93. The minimum absolute atomic E-state index is 0.417. The molecule has 0 bridgehead atoms. The molecule has 104 valence electrons. The van der Waals surface area contributed by atoms with Gasteiger partial charge < -0.3 is 14.9 Å². The third-order valence-corrected chi connectivity index (χ3v) is 4.04. The number of carbonyl (C=O) groups excluding carboxylic acids is 1. The Labute approximate surface area is 121 Å². The third-order valence-electron chi connectivity index (χ3n) is 2.93. The number of hydrogen-bond donors (Lipinski definition) is 1. The SMILES string of the molecule is COC(=O)C(N)CSCc1cn2ccccc2c1C#N. The summed E-state index contributed by atoms with van der Waals surface area (Å²) in [7, 11) is 1.32. The molecule has 0 amide bonds. The molecular formula is C14H15N3O2S. The van der Waals surface area contributed by atoms with Gasteiger partial charge in [0, 0.05) is 23.9 Å². The van der Waals surface area contributed by atoms with Gasteiger partial charge in [-0.3, -0.25) is 4.79 Å². The Bertz CT molecular complexity index is 660. The monoisotopic (exact) mass is 289 g/mol. The lowest BCUT2D eigenvalue weighted by Crippen LogP contribution is -2.33. The van der Waals surface area contributed by atoms with Crippen LogP contribution in [-0.2, 0) is 15.3 Å². The molecule has 0 aliphatic heterocycles. The first-order valence-corrected chi connectivity index (χ1v) is 7.22. The Morgan fingerprint density at radius 3 is 3.10 bits per heavy atom. The van der Waals surface area contributed by atoms with Gasteiger partial charge in [0.1, 0.15) is 12.1 Å². The van der Waals surface area contributed by atoms with E-state index in [2.05, 4.69) is 10.8 Å². The lowest BCUT2D eigenvalue weighted by molar-refractivity contribution is -0.141. The highest BCUT2D eigenvalue weighted by Crippen LogP contribution is 2.22. The molecule has 0 spiro atoms. The van der Waals surface area contributed by atoms with E-state index in [0.29, 0.717) is 17.1 Å². The molecule has 20 heavy (non-hydrogen) atoms. The summed E-state index contributed by atoms with van der Waals surface area (Å²) in [6.45, 7) is 0. The molecule has 0 aromatic carbocycles. The number of nitrogens with two attached hydrogens (primary N) is 1. The Hall–Kier alpha value is -1.97. The third kappa shape index (κ3) is 2.95. The lowest BCUT2D eigenvalue weighted by Gasteiger charge is -2.07. The average Bonchev–Trinajstić information content (AvgIpc) is 2.83. The van der Waals surface area contributed by atoms with Crippen LogP contribution in [0.4, 0.5) is 0 Å². The Balaban J connectivity index is 2.07. The normalized spacial score (nSPS) is 12.1. The molecule has 0 aliphatic rings. The van der Waals surface area contributed by atoms with Crippen LogP contribution in [-0.4, -0.2) is 29.3 Å². The second kappa shape index (κ2) is 6.46. The van der Waals surface area contributed by atoms with Crippen molar-refractivity contribution >= 4 is 23.2 Å². The van der Waals surface area contributed by atoms with Crippen molar-refractivity contribution in [1.82, 2.24) is 4.40 Å². The van der Waals surface area contributed by atoms with Crippen molar-refractivity contribution in [1.29, 1.82) is 5.26 Å². The number of aromatic nitrogens is 1. The molecule has 1 unspecified atom stereocenters. The Morgan fingerprint density at radius 2 is 2.40 bits per heavy atom.